The molecule has 1 unspecified atom stereocenters. The normalized spacial score (nSPS) is 13.0. The van der Waals surface area contributed by atoms with E-state index in [0.717, 1.165) is 17.7 Å². The Hall–Kier alpha value is -1.75. The van der Waals surface area contributed by atoms with Gasteiger partial charge >= 0.3 is 6.18 Å². The van der Waals surface area contributed by atoms with Gasteiger partial charge in [0.15, 0.2) is 0 Å². The van der Waals surface area contributed by atoms with E-state index in [2.05, 4.69) is 5.32 Å². The summed E-state index contributed by atoms with van der Waals surface area (Å²) in [5, 5.41) is 3.29. The van der Waals surface area contributed by atoms with Crippen LogP contribution < -0.4 is 5.32 Å². The number of alkyl halides is 3. The summed E-state index contributed by atoms with van der Waals surface area (Å²) in [6.07, 6.45) is -4.51. The number of nitrogens with one attached hydrogen (secondary N) is 1. The molecular weight excluding hydrogens is 306 g/mol. The molecule has 6 heteroatoms. The first-order valence-corrected chi connectivity index (χ1v) is 6.54. The Balaban J connectivity index is 2.24. The second kappa shape index (κ2) is 5.93. The van der Waals surface area contributed by atoms with Gasteiger partial charge < -0.3 is 5.32 Å². The van der Waals surface area contributed by atoms with Crippen LogP contribution in [0.15, 0.2) is 42.5 Å². The van der Waals surface area contributed by atoms with E-state index < -0.39 is 17.6 Å². The van der Waals surface area contributed by atoms with Crippen molar-refractivity contribution in [3.05, 3.63) is 64.4 Å². The quantitative estimate of drug-likeness (QED) is 0.719. The Morgan fingerprint density at radius 2 is 1.67 bits per heavy atom. The number of hydrogen-bond donors (Lipinski definition) is 1. The molecule has 0 radical (unpaired) electrons. The Kier molecular flexibility index (Phi) is 4.42. The summed E-state index contributed by atoms with van der Waals surface area (Å²) in [6, 6.07) is 8.71. The lowest BCUT2D eigenvalue weighted by Crippen LogP contribution is -2.10. The highest BCUT2D eigenvalue weighted by Gasteiger charge is 2.31. The smallest absolute Gasteiger partial charge is 0.376 e. The summed E-state index contributed by atoms with van der Waals surface area (Å²) in [7, 11) is 0. The average molecular weight is 318 g/mol. The Morgan fingerprint density at radius 3 is 2.24 bits per heavy atom. The molecule has 2 rings (SSSR count). The van der Waals surface area contributed by atoms with Gasteiger partial charge in [0.2, 0.25) is 0 Å². The van der Waals surface area contributed by atoms with E-state index in [1.54, 1.807) is 31.2 Å². The predicted molar refractivity (Wildman–Crippen MR) is 74.9 cm³/mol. The number of hydrogen-bond acceptors (Lipinski definition) is 1. The lowest BCUT2D eigenvalue weighted by Gasteiger charge is -2.17. The van der Waals surface area contributed by atoms with Gasteiger partial charge in [0.05, 0.1) is 11.3 Å². The second-order valence-electron chi connectivity index (χ2n) is 4.61. The fourth-order valence-corrected chi connectivity index (χ4v) is 2.01. The Bertz CT molecular complexity index is 623. The molecule has 0 fully saturated rings. The van der Waals surface area contributed by atoms with Crippen LogP contribution in [0.3, 0.4) is 0 Å². The van der Waals surface area contributed by atoms with Gasteiger partial charge in [-0.05, 0) is 42.8 Å². The molecule has 0 bridgehead atoms. The van der Waals surface area contributed by atoms with Crippen molar-refractivity contribution in [3.63, 3.8) is 0 Å². The van der Waals surface area contributed by atoms with Crippen molar-refractivity contribution in [2.24, 2.45) is 0 Å². The Labute approximate surface area is 124 Å². The number of benzene rings is 2. The summed E-state index contributed by atoms with van der Waals surface area (Å²) >= 11 is 5.77. The van der Waals surface area contributed by atoms with Gasteiger partial charge in [-0.3, -0.25) is 0 Å². The van der Waals surface area contributed by atoms with Crippen molar-refractivity contribution in [1.82, 2.24) is 0 Å². The average Bonchev–Trinajstić information content (AvgIpc) is 2.40. The van der Waals surface area contributed by atoms with Crippen molar-refractivity contribution < 1.29 is 17.6 Å². The molecular formula is C15H12ClF4N. The predicted octanol–water partition coefficient (Wildman–Crippen LogP) is 5.67. The maximum Gasteiger partial charge on any atom is 0.416 e. The van der Waals surface area contributed by atoms with Crippen LogP contribution in [0.2, 0.25) is 5.02 Å². The fourth-order valence-electron chi connectivity index (χ4n) is 1.88. The molecule has 1 atom stereocenters. The maximum absolute atomic E-state index is 13.6. The second-order valence-corrected chi connectivity index (χ2v) is 5.05. The molecule has 1 N–H and O–H groups in total. The summed E-state index contributed by atoms with van der Waals surface area (Å²) in [6.45, 7) is 1.73. The topological polar surface area (TPSA) is 12.0 Å². The number of halogens is 5. The van der Waals surface area contributed by atoms with E-state index in [-0.39, 0.29) is 11.7 Å². The zero-order valence-electron chi connectivity index (χ0n) is 11.0. The van der Waals surface area contributed by atoms with Gasteiger partial charge in [0, 0.05) is 11.1 Å². The molecule has 112 valence electrons. The van der Waals surface area contributed by atoms with Gasteiger partial charge in [-0.25, -0.2) is 4.39 Å². The van der Waals surface area contributed by atoms with E-state index in [1.165, 1.54) is 0 Å². The van der Waals surface area contributed by atoms with Crippen LogP contribution in [0.1, 0.15) is 24.1 Å². The number of rotatable bonds is 3. The van der Waals surface area contributed by atoms with Crippen LogP contribution in [0.25, 0.3) is 0 Å². The molecule has 0 aliphatic carbocycles. The molecule has 2 aromatic rings. The molecule has 0 heterocycles. The first kappa shape index (κ1) is 15.6. The zero-order chi connectivity index (χ0) is 15.6. The molecule has 0 saturated carbocycles. The summed E-state index contributed by atoms with van der Waals surface area (Å²) in [4.78, 5) is 0. The molecule has 1 nitrogen and oxygen atoms in total. The molecule has 0 aliphatic heterocycles. The van der Waals surface area contributed by atoms with E-state index >= 15 is 0 Å². The van der Waals surface area contributed by atoms with E-state index in [9.17, 15) is 17.6 Å². The maximum atomic E-state index is 13.6. The first-order chi connectivity index (χ1) is 9.77. The lowest BCUT2D eigenvalue weighted by atomic mass is 10.1. The first-order valence-electron chi connectivity index (χ1n) is 6.16. The van der Waals surface area contributed by atoms with Crippen LogP contribution in [0.4, 0.5) is 23.2 Å². The van der Waals surface area contributed by atoms with Gasteiger partial charge in [-0.1, -0.05) is 23.7 Å². The van der Waals surface area contributed by atoms with E-state index in [0.29, 0.717) is 11.1 Å². The van der Waals surface area contributed by atoms with Gasteiger partial charge in [0.25, 0.3) is 0 Å². The SMILES string of the molecule is CC(Nc1cc(C(F)(F)F)ccc1F)c1ccc(Cl)cc1. The fraction of sp³-hybridized carbons (Fsp3) is 0.200. The Morgan fingerprint density at radius 1 is 1.05 bits per heavy atom. The van der Waals surface area contributed by atoms with Crippen LogP contribution in [-0.4, -0.2) is 0 Å². The van der Waals surface area contributed by atoms with Crippen molar-refractivity contribution in [1.29, 1.82) is 0 Å². The van der Waals surface area contributed by atoms with Crippen molar-refractivity contribution in [2.45, 2.75) is 19.1 Å². The minimum absolute atomic E-state index is 0.188. The van der Waals surface area contributed by atoms with Gasteiger partial charge in [-0.15, -0.1) is 0 Å². The third-order valence-electron chi connectivity index (χ3n) is 3.04. The largest absolute Gasteiger partial charge is 0.416 e. The van der Waals surface area contributed by atoms with E-state index in [4.69, 9.17) is 11.6 Å². The number of anilines is 1. The third kappa shape index (κ3) is 3.88. The van der Waals surface area contributed by atoms with Crippen molar-refractivity contribution in [2.75, 3.05) is 5.32 Å². The lowest BCUT2D eigenvalue weighted by molar-refractivity contribution is -0.137. The molecule has 0 spiro atoms. The summed E-state index contributed by atoms with van der Waals surface area (Å²) < 4.78 is 51.6. The molecule has 2 aromatic carbocycles. The highest BCUT2D eigenvalue weighted by molar-refractivity contribution is 6.30. The summed E-state index contributed by atoms with van der Waals surface area (Å²) in [5.74, 6) is -0.733. The molecule has 0 saturated heterocycles. The molecule has 0 amide bonds. The molecule has 21 heavy (non-hydrogen) atoms. The summed E-state index contributed by atoms with van der Waals surface area (Å²) in [5.41, 5.74) is -0.293. The van der Waals surface area contributed by atoms with Crippen molar-refractivity contribution >= 4 is 17.3 Å². The third-order valence-corrected chi connectivity index (χ3v) is 3.29. The molecule has 0 aromatic heterocycles. The van der Waals surface area contributed by atoms with E-state index in [1.807, 2.05) is 0 Å². The zero-order valence-corrected chi connectivity index (χ0v) is 11.8. The van der Waals surface area contributed by atoms with Gasteiger partial charge in [-0.2, -0.15) is 13.2 Å². The van der Waals surface area contributed by atoms with Crippen LogP contribution in [0, 0.1) is 5.82 Å². The standard InChI is InChI=1S/C15H12ClF4N/c1-9(10-2-5-12(16)6-3-10)21-14-8-11(15(18,19)20)4-7-13(14)17/h2-9,21H,1H3. The highest BCUT2D eigenvalue weighted by Crippen LogP contribution is 2.33. The molecule has 0 aliphatic rings. The van der Waals surface area contributed by atoms with Crippen LogP contribution in [0.5, 0.6) is 0 Å². The monoisotopic (exact) mass is 317 g/mol. The highest BCUT2D eigenvalue weighted by atomic mass is 35.5. The minimum Gasteiger partial charge on any atom is -0.376 e. The minimum atomic E-state index is -4.51. The van der Waals surface area contributed by atoms with Crippen molar-refractivity contribution in [3.8, 4) is 0 Å². The van der Waals surface area contributed by atoms with Crippen LogP contribution in [-0.2, 0) is 6.18 Å². The van der Waals surface area contributed by atoms with Gasteiger partial charge in [0.1, 0.15) is 5.82 Å². The van der Waals surface area contributed by atoms with Crippen LogP contribution >= 0.6 is 11.6 Å².